The van der Waals surface area contributed by atoms with E-state index in [4.69, 9.17) is 0 Å². The molecule has 0 spiro atoms. The fourth-order valence-electron chi connectivity index (χ4n) is 2.77. The van der Waals surface area contributed by atoms with Crippen LogP contribution in [0, 0.1) is 0 Å². The smallest absolute Gasteiger partial charge is 0.262 e. The van der Waals surface area contributed by atoms with Gasteiger partial charge < -0.3 is 5.32 Å². The number of fused-ring (bicyclic) bond motifs is 1. The molecule has 8 heteroatoms. The van der Waals surface area contributed by atoms with E-state index in [1.54, 1.807) is 54.6 Å². The Labute approximate surface area is 167 Å². The van der Waals surface area contributed by atoms with Crippen molar-refractivity contribution < 1.29 is 9.59 Å². The quantitative estimate of drug-likeness (QED) is 0.442. The molecule has 0 aliphatic rings. The molecule has 0 unspecified atom stereocenters. The highest BCUT2D eigenvalue weighted by atomic mass is 16.2. The van der Waals surface area contributed by atoms with Crippen molar-refractivity contribution in [1.29, 1.82) is 0 Å². The van der Waals surface area contributed by atoms with Crippen LogP contribution in [-0.2, 0) is 16.1 Å². The number of anilines is 2. The minimum absolute atomic E-state index is 0.147. The molecule has 148 valence electrons. The molecule has 0 aliphatic carbocycles. The summed E-state index contributed by atoms with van der Waals surface area (Å²) in [7, 11) is 0. The fourth-order valence-corrected chi connectivity index (χ4v) is 2.77. The first-order valence-electron chi connectivity index (χ1n) is 9.09. The molecule has 1 heterocycles. The molecule has 0 bridgehead atoms. The minimum Gasteiger partial charge on any atom is -0.326 e. The number of hydrogen-bond donors (Lipinski definition) is 3. The van der Waals surface area contributed by atoms with Gasteiger partial charge in [-0.1, -0.05) is 24.3 Å². The average Bonchev–Trinajstić information content (AvgIpc) is 2.71. The SMILES string of the molecule is CCn1c(NNC(=O)/C=C/c2ccc(NC(C)=O)cc2)nc2ccccc2c1=O. The van der Waals surface area contributed by atoms with Crippen molar-refractivity contribution in [2.24, 2.45) is 0 Å². The second-order valence-electron chi connectivity index (χ2n) is 6.25. The fraction of sp³-hybridized carbons (Fsp3) is 0.143. The molecule has 3 rings (SSSR count). The van der Waals surface area contributed by atoms with Crippen molar-refractivity contribution in [2.45, 2.75) is 20.4 Å². The van der Waals surface area contributed by atoms with E-state index in [2.05, 4.69) is 21.2 Å². The van der Waals surface area contributed by atoms with Crippen LogP contribution < -0.4 is 21.7 Å². The summed E-state index contributed by atoms with van der Waals surface area (Å²) in [5.74, 6) is -0.287. The summed E-state index contributed by atoms with van der Waals surface area (Å²) in [6, 6.07) is 14.1. The summed E-state index contributed by atoms with van der Waals surface area (Å²) in [5, 5.41) is 3.20. The van der Waals surface area contributed by atoms with Crippen molar-refractivity contribution in [3.05, 3.63) is 70.5 Å². The third kappa shape index (κ3) is 4.86. The van der Waals surface area contributed by atoms with Gasteiger partial charge >= 0.3 is 0 Å². The van der Waals surface area contributed by atoms with Crippen molar-refractivity contribution in [3.8, 4) is 0 Å². The molecular formula is C21H21N5O3. The van der Waals surface area contributed by atoms with Crippen molar-refractivity contribution in [1.82, 2.24) is 15.0 Å². The molecule has 0 saturated heterocycles. The van der Waals surface area contributed by atoms with Gasteiger partial charge in [-0.05, 0) is 42.8 Å². The lowest BCUT2D eigenvalue weighted by Crippen LogP contribution is -2.33. The van der Waals surface area contributed by atoms with Crippen LogP contribution in [0.25, 0.3) is 17.0 Å². The Morgan fingerprint density at radius 1 is 1.10 bits per heavy atom. The van der Waals surface area contributed by atoms with E-state index >= 15 is 0 Å². The number of rotatable bonds is 6. The molecule has 2 amide bonds. The Balaban J connectivity index is 1.68. The Kier molecular flexibility index (Phi) is 6.03. The Hall–Kier alpha value is -3.94. The Morgan fingerprint density at radius 3 is 2.52 bits per heavy atom. The van der Waals surface area contributed by atoms with E-state index in [0.717, 1.165) is 5.56 Å². The zero-order valence-corrected chi connectivity index (χ0v) is 16.1. The summed E-state index contributed by atoms with van der Waals surface area (Å²) >= 11 is 0. The van der Waals surface area contributed by atoms with Gasteiger partial charge in [0.25, 0.3) is 11.5 Å². The molecule has 0 atom stereocenters. The number of carbonyl (C=O) groups excluding carboxylic acids is 2. The normalized spacial score (nSPS) is 10.8. The maximum Gasteiger partial charge on any atom is 0.262 e. The number of amides is 2. The lowest BCUT2D eigenvalue weighted by Gasteiger charge is -2.13. The van der Waals surface area contributed by atoms with Crippen molar-refractivity contribution >= 4 is 40.4 Å². The van der Waals surface area contributed by atoms with Crippen LogP contribution in [0.4, 0.5) is 11.6 Å². The highest BCUT2D eigenvalue weighted by molar-refractivity contribution is 5.92. The van der Waals surface area contributed by atoms with E-state index in [9.17, 15) is 14.4 Å². The standard InChI is InChI=1S/C21H21N5O3/c1-3-26-20(29)17-6-4-5-7-18(17)23-21(26)25-24-19(28)13-10-15-8-11-16(12-9-15)22-14(2)27/h4-13H,3H2,1-2H3,(H,22,27)(H,23,25)(H,24,28)/b13-10+. The molecule has 1 aromatic heterocycles. The third-order valence-electron chi connectivity index (χ3n) is 4.13. The van der Waals surface area contributed by atoms with Gasteiger partial charge in [0.2, 0.25) is 11.9 Å². The van der Waals surface area contributed by atoms with Gasteiger partial charge in [0.15, 0.2) is 0 Å². The van der Waals surface area contributed by atoms with Crippen LogP contribution in [-0.4, -0.2) is 21.4 Å². The first kappa shape index (κ1) is 19.8. The predicted octanol–water partition coefficient (Wildman–Crippen LogP) is 2.53. The predicted molar refractivity (Wildman–Crippen MR) is 113 cm³/mol. The molecular weight excluding hydrogens is 370 g/mol. The molecule has 2 aromatic carbocycles. The lowest BCUT2D eigenvalue weighted by atomic mass is 10.2. The molecule has 3 aromatic rings. The van der Waals surface area contributed by atoms with Crippen LogP contribution >= 0.6 is 0 Å². The number of benzene rings is 2. The van der Waals surface area contributed by atoms with Crippen LogP contribution in [0.1, 0.15) is 19.4 Å². The van der Waals surface area contributed by atoms with Gasteiger partial charge in [0, 0.05) is 25.2 Å². The number of para-hydroxylation sites is 1. The van der Waals surface area contributed by atoms with Gasteiger partial charge in [-0.2, -0.15) is 0 Å². The summed E-state index contributed by atoms with van der Waals surface area (Å²) in [5.41, 5.74) is 7.09. The van der Waals surface area contributed by atoms with E-state index in [1.165, 1.54) is 17.6 Å². The maximum absolute atomic E-state index is 12.6. The first-order chi connectivity index (χ1) is 14.0. The van der Waals surface area contributed by atoms with E-state index in [1.807, 2.05) is 6.92 Å². The zero-order valence-electron chi connectivity index (χ0n) is 16.1. The number of carbonyl (C=O) groups is 2. The van der Waals surface area contributed by atoms with Crippen molar-refractivity contribution in [3.63, 3.8) is 0 Å². The summed E-state index contributed by atoms with van der Waals surface area (Å²) < 4.78 is 1.45. The Morgan fingerprint density at radius 2 is 1.83 bits per heavy atom. The molecule has 3 N–H and O–H groups in total. The summed E-state index contributed by atoms with van der Waals surface area (Å²) in [6.07, 6.45) is 2.99. The largest absolute Gasteiger partial charge is 0.326 e. The van der Waals surface area contributed by atoms with Gasteiger partial charge in [-0.3, -0.25) is 29.8 Å². The molecule has 8 nitrogen and oxygen atoms in total. The highest BCUT2D eigenvalue weighted by Crippen LogP contribution is 2.11. The van der Waals surface area contributed by atoms with E-state index < -0.39 is 5.91 Å². The second kappa shape index (κ2) is 8.83. The van der Waals surface area contributed by atoms with Gasteiger partial charge in [0.1, 0.15) is 0 Å². The molecule has 0 aliphatic heterocycles. The van der Waals surface area contributed by atoms with Crippen LogP contribution in [0.15, 0.2) is 59.4 Å². The van der Waals surface area contributed by atoms with Gasteiger partial charge in [0.05, 0.1) is 10.9 Å². The number of aromatic nitrogens is 2. The van der Waals surface area contributed by atoms with Crippen LogP contribution in [0.5, 0.6) is 0 Å². The molecule has 29 heavy (non-hydrogen) atoms. The van der Waals surface area contributed by atoms with Crippen LogP contribution in [0.2, 0.25) is 0 Å². The number of hydrazine groups is 1. The van der Waals surface area contributed by atoms with Crippen LogP contribution in [0.3, 0.4) is 0 Å². The Bertz CT molecular complexity index is 1130. The number of nitrogens with one attached hydrogen (secondary N) is 3. The summed E-state index contributed by atoms with van der Waals surface area (Å²) in [4.78, 5) is 40.1. The summed E-state index contributed by atoms with van der Waals surface area (Å²) in [6.45, 7) is 3.67. The maximum atomic E-state index is 12.6. The molecule has 0 radical (unpaired) electrons. The molecule has 0 fully saturated rings. The third-order valence-corrected chi connectivity index (χ3v) is 4.13. The number of nitrogens with zero attached hydrogens (tertiary/aromatic N) is 2. The van der Waals surface area contributed by atoms with Crippen molar-refractivity contribution in [2.75, 3.05) is 10.7 Å². The molecule has 0 saturated carbocycles. The zero-order chi connectivity index (χ0) is 20.8. The van der Waals surface area contributed by atoms with E-state index in [0.29, 0.717) is 23.1 Å². The van der Waals surface area contributed by atoms with E-state index in [-0.39, 0.29) is 17.4 Å². The second-order valence-corrected chi connectivity index (χ2v) is 6.25. The van der Waals surface area contributed by atoms with Gasteiger partial charge in [-0.25, -0.2) is 4.98 Å². The van der Waals surface area contributed by atoms with Gasteiger partial charge in [-0.15, -0.1) is 0 Å². The first-order valence-corrected chi connectivity index (χ1v) is 9.09. The minimum atomic E-state index is -0.402. The number of hydrogen-bond acceptors (Lipinski definition) is 5. The highest BCUT2D eigenvalue weighted by Gasteiger charge is 2.09. The monoisotopic (exact) mass is 391 g/mol. The lowest BCUT2D eigenvalue weighted by molar-refractivity contribution is -0.116. The topological polar surface area (TPSA) is 105 Å². The average molecular weight is 391 g/mol.